The van der Waals surface area contributed by atoms with Gasteiger partial charge in [-0.05, 0) is 25.7 Å². The number of nitrogens with zero attached hydrogens (tertiary/aromatic N) is 2. The number of aliphatic hydroxyl groups is 1. The van der Waals surface area contributed by atoms with Gasteiger partial charge in [-0.2, -0.15) is 0 Å². The lowest BCUT2D eigenvalue weighted by molar-refractivity contribution is -0.0110. The van der Waals surface area contributed by atoms with Crippen LogP contribution in [0.15, 0.2) is 0 Å². The van der Waals surface area contributed by atoms with Crippen molar-refractivity contribution in [1.82, 2.24) is 20.5 Å². The van der Waals surface area contributed by atoms with Crippen molar-refractivity contribution in [2.24, 2.45) is 5.92 Å². The minimum atomic E-state index is -0.779. The van der Waals surface area contributed by atoms with E-state index >= 15 is 0 Å². The van der Waals surface area contributed by atoms with Crippen molar-refractivity contribution < 1.29 is 9.90 Å². The Morgan fingerprint density at radius 2 is 2.44 bits per heavy atom. The number of H-pyrrole nitrogens is 1. The van der Waals surface area contributed by atoms with E-state index in [0.29, 0.717) is 11.7 Å². The van der Waals surface area contributed by atoms with Crippen molar-refractivity contribution >= 4 is 5.91 Å². The molecule has 1 aromatic rings. The maximum absolute atomic E-state index is 11.8. The summed E-state index contributed by atoms with van der Waals surface area (Å²) in [7, 11) is 0. The van der Waals surface area contributed by atoms with E-state index in [4.69, 9.17) is 0 Å². The Morgan fingerprint density at radius 1 is 1.67 bits per heavy atom. The fraction of sp³-hybridized carbons (Fsp3) is 0.750. The number of aromatic amines is 1. The van der Waals surface area contributed by atoms with Crippen LogP contribution >= 0.6 is 0 Å². The van der Waals surface area contributed by atoms with Crippen molar-refractivity contribution in [2.45, 2.75) is 45.1 Å². The maximum Gasteiger partial charge on any atom is 0.291 e. The fourth-order valence-corrected chi connectivity index (χ4v) is 2.56. The number of aromatic nitrogens is 3. The van der Waals surface area contributed by atoms with Crippen LogP contribution in [0.1, 0.15) is 49.1 Å². The van der Waals surface area contributed by atoms with Crippen LogP contribution in [0.5, 0.6) is 0 Å². The molecule has 0 radical (unpaired) electrons. The normalized spacial score (nSPS) is 28.1. The zero-order chi connectivity index (χ0) is 13.2. The third kappa shape index (κ3) is 3.07. The second kappa shape index (κ2) is 5.06. The first kappa shape index (κ1) is 13.0. The molecular formula is C12H20N4O2. The van der Waals surface area contributed by atoms with Crippen molar-refractivity contribution in [3.8, 4) is 0 Å². The number of hydrogen-bond donors (Lipinski definition) is 3. The van der Waals surface area contributed by atoms with Crippen LogP contribution < -0.4 is 5.32 Å². The molecule has 1 fully saturated rings. The highest BCUT2D eigenvalue weighted by Crippen LogP contribution is 2.31. The van der Waals surface area contributed by atoms with Gasteiger partial charge in [-0.1, -0.05) is 19.8 Å². The molecule has 0 bridgehead atoms. The number of rotatable bonds is 3. The molecule has 0 spiro atoms. The predicted molar refractivity (Wildman–Crippen MR) is 66.0 cm³/mol. The lowest BCUT2D eigenvalue weighted by Gasteiger charge is -2.35. The third-order valence-corrected chi connectivity index (χ3v) is 3.45. The van der Waals surface area contributed by atoms with Gasteiger partial charge >= 0.3 is 0 Å². The predicted octanol–water partition coefficient (Wildman–Crippen LogP) is 0.784. The quantitative estimate of drug-likeness (QED) is 0.741. The molecule has 2 unspecified atom stereocenters. The van der Waals surface area contributed by atoms with Gasteiger partial charge in [0, 0.05) is 6.54 Å². The molecule has 6 heteroatoms. The summed E-state index contributed by atoms with van der Waals surface area (Å²) in [4.78, 5) is 15.7. The van der Waals surface area contributed by atoms with Gasteiger partial charge < -0.3 is 10.4 Å². The minimum Gasteiger partial charge on any atom is -0.388 e. The molecule has 3 N–H and O–H groups in total. The topological polar surface area (TPSA) is 90.9 Å². The Morgan fingerprint density at radius 3 is 3.06 bits per heavy atom. The molecule has 0 aliphatic heterocycles. The van der Waals surface area contributed by atoms with Gasteiger partial charge in [-0.15, -0.1) is 5.10 Å². The molecule has 2 atom stereocenters. The van der Waals surface area contributed by atoms with E-state index in [1.807, 2.05) is 0 Å². The molecule has 1 aliphatic carbocycles. The van der Waals surface area contributed by atoms with Crippen LogP contribution in [0.4, 0.5) is 0 Å². The smallest absolute Gasteiger partial charge is 0.291 e. The highest BCUT2D eigenvalue weighted by Gasteiger charge is 2.33. The standard InChI is InChI=1S/C12H20N4O2/c1-8-4-3-5-12(18,6-8)7-13-11(17)10-14-9(2)15-16-10/h8,18H,3-7H2,1-2H3,(H,13,17)(H,14,15,16). The minimum absolute atomic E-state index is 0.125. The van der Waals surface area contributed by atoms with Crippen LogP contribution in [0.3, 0.4) is 0 Å². The van der Waals surface area contributed by atoms with Gasteiger partial charge in [0.2, 0.25) is 5.82 Å². The van der Waals surface area contributed by atoms with Gasteiger partial charge in [0.25, 0.3) is 5.91 Å². The Bertz CT molecular complexity index is 431. The molecule has 1 amide bonds. The largest absolute Gasteiger partial charge is 0.388 e. The van der Waals surface area contributed by atoms with Crippen LogP contribution in [0, 0.1) is 12.8 Å². The monoisotopic (exact) mass is 252 g/mol. The van der Waals surface area contributed by atoms with Gasteiger partial charge in [0.1, 0.15) is 5.82 Å². The molecule has 0 saturated heterocycles. The first-order chi connectivity index (χ1) is 8.48. The highest BCUT2D eigenvalue weighted by molar-refractivity contribution is 5.90. The second-order valence-electron chi connectivity index (χ2n) is 5.35. The first-order valence-corrected chi connectivity index (χ1v) is 6.38. The molecule has 18 heavy (non-hydrogen) atoms. The average molecular weight is 252 g/mol. The lowest BCUT2D eigenvalue weighted by atomic mass is 9.79. The Balaban J connectivity index is 1.89. The number of nitrogens with one attached hydrogen (secondary N) is 2. The third-order valence-electron chi connectivity index (χ3n) is 3.45. The van der Waals surface area contributed by atoms with Crippen LogP contribution in [-0.2, 0) is 0 Å². The summed E-state index contributed by atoms with van der Waals surface area (Å²) in [6, 6.07) is 0. The van der Waals surface area contributed by atoms with Gasteiger partial charge in [0.05, 0.1) is 5.60 Å². The van der Waals surface area contributed by atoms with E-state index in [1.165, 1.54) is 0 Å². The van der Waals surface area contributed by atoms with Crippen LogP contribution in [0.25, 0.3) is 0 Å². The molecule has 1 heterocycles. The summed E-state index contributed by atoms with van der Waals surface area (Å²) in [5.41, 5.74) is -0.779. The fourth-order valence-electron chi connectivity index (χ4n) is 2.56. The van der Waals surface area contributed by atoms with Crippen molar-refractivity contribution in [3.63, 3.8) is 0 Å². The lowest BCUT2D eigenvalue weighted by Crippen LogP contribution is -2.46. The van der Waals surface area contributed by atoms with Crippen LogP contribution in [0.2, 0.25) is 0 Å². The molecule has 100 valence electrons. The number of amides is 1. The van der Waals surface area contributed by atoms with E-state index in [0.717, 1.165) is 25.7 Å². The Kier molecular flexibility index (Phi) is 3.65. The first-order valence-electron chi connectivity index (χ1n) is 6.38. The summed E-state index contributed by atoms with van der Waals surface area (Å²) < 4.78 is 0. The molecule has 0 aromatic carbocycles. The Hall–Kier alpha value is -1.43. The molecule has 1 saturated carbocycles. The maximum atomic E-state index is 11.8. The summed E-state index contributed by atoms with van der Waals surface area (Å²) >= 11 is 0. The number of aryl methyl sites for hydroxylation is 1. The highest BCUT2D eigenvalue weighted by atomic mass is 16.3. The molecule has 2 rings (SSSR count). The SMILES string of the molecule is Cc1nc(C(=O)NCC2(O)CCCC(C)C2)n[nH]1. The Labute approximate surface area is 106 Å². The summed E-state index contributed by atoms with van der Waals surface area (Å²) in [5, 5.41) is 19.5. The number of carbonyl (C=O) groups excluding carboxylic acids is 1. The summed E-state index contributed by atoms with van der Waals surface area (Å²) in [6.07, 6.45) is 3.63. The van der Waals surface area contributed by atoms with Crippen molar-refractivity contribution in [3.05, 3.63) is 11.6 Å². The van der Waals surface area contributed by atoms with E-state index in [2.05, 4.69) is 27.4 Å². The van der Waals surface area contributed by atoms with E-state index < -0.39 is 5.60 Å². The van der Waals surface area contributed by atoms with E-state index in [9.17, 15) is 9.90 Å². The summed E-state index contributed by atoms with van der Waals surface area (Å²) in [5.74, 6) is 0.891. The van der Waals surface area contributed by atoms with Crippen LogP contribution in [-0.4, -0.2) is 38.3 Å². The van der Waals surface area contributed by atoms with Crippen molar-refractivity contribution in [1.29, 1.82) is 0 Å². The van der Waals surface area contributed by atoms with E-state index in [-0.39, 0.29) is 18.3 Å². The van der Waals surface area contributed by atoms with Gasteiger partial charge in [0.15, 0.2) is 0 Å². The van der Waals surface area contributed by atoms with Crippen molar-refractivity contribution in [2.75, 3.05) is 6.54 Å². The zero-order valence-corrected chi connectivity index (χ0v) is 10.9. The molecule has 6 nitrogen and oxygen atoms in total. The summed E-state index contributed by atoms with van der Waals surface area (Å²) in [6.45, 7) is 4.13. The zero-order valence-electron chi connectivity index (χ0n) is 10.9. The molecule has 1 aromatic heterocycles. The average Bonchev–Trinajstić information content (AvgIpc) is 2.73. The van der Waals surface area contributed by atoms with E-state index in [1.54, 1.807) is 6.92 Å². The molecule has 1 aliphatic rings. The number of hydrogen-bond acceptors (Lipinski definition) is 4. The molecular weight excluding hydrogens is 232 g/mol. The second-order valence-corrected chi connectivity index (χ2v) is 5.35. The van der Waals surface area contributed by atoms with Gasteiger partial charge in [-0.25, -0.2) is 4.98 Å². The van der Waals surface area contributed by atoms with Gasteiger partial charge in [-0.3, -0.25) is 9.89 Å². The number of carbonyl (C=O) groups is 1.